The summed E-state index contributed by atoms with van der Waals surface area (Å²) in [7, 11) is 2.02. The Labute approximate surface area is 192 Å². The van der Waals surface area contributed by atoms with Crippen LogP contribution in [0.4, 0.5) is 4.79 Å². The second-order valence-corrected chi connectivity index (χ2v) is 8.53. The number of piperidine rings is 1. The second-order valence-electron chi connectivity index (χ2n) is 8.53. The molecule has 0 spiro atoms. The van der Waals surface area contributed by atoms with Gasteiger partial charge in [-0.3, -0.25) is 0 Å². The Morgan fingerprint density at radius 2 is 2.10 bits per heavy atom. The molecule has 2 rings (SSSR count). The molecule has 29 heavy (non-hydrogen) atoms. The van der Waals surface area contributed by atoms with Gasteiger partial charge < -0.3 is 24.8 Å². The lowest BCUT2D eigenvalue weighted by molar-refractivity contribution is 0.0162. The van der Waals surface area contributed by atoms with E-state index in [0.717, 1.165) is 51.4 Å². The Bertz CT molecular complexity index is 654. The van der Waals surface area contributed by atoms with E-state index in [-0.39, 0.29) is 30.1 Å². The zero-order valence-electron chi connectivity index (χ0n) is 18.5. The van der Waals surface area contributed by atoms with Crippen molar-refractivity contribution in [1.29, 1.82) is 0 Å². The van der Waals surface area contributed by atoms with Crippen LogP contribution in [-0.2, 0) is 18.3 Å². The van der Waals surface area contributed by atoms with Crippen LogP contribution >= 0.6 is 24.0 Å². The number of aromatic nitrogens is 1. The topological polar surface area (TPSA) is 70.9 Å². The molecular formula is C21H38IN5O2. The first-order valence-corrected chi connectivity index (χ1v) is 10.4. The number of nitrogens with zero attached hydrogens (tertiary/aromatic N) is 3. The lowest BCUT2D eigenvalue weighted by Gasteiger charge is -2.34. The maximum absolute atomic E-state index is 12.3. The van der Waals surface area contributed by atoms with Gasteiger partial charge in [0.15, 0.2) is 5.96 Å². The Hall–Kier alpha value is -1.45. The highest BCUT2D eigenvalue weighted by Crippen LogP contribution is 2.21. The largest absolute Gasteiger partial charge is 0.444 e. The van der Waals surface area contributed by atoms with Gasteiger partial charge in [-0.1, -0.05) is 0 Å². The molecule has 166 valence electrons. The van der Waals surface area contributed by atoms with Crippen LogP contribution in [-0.4, -0.2) is 53.3 Å². The highest BCUT2D eigenvalue weighted by atomic mass is 127. The number of guanidine groups is 1. The van der Waals surface area contributed by atoms with E-state index in [1.807, 2.05) is 43.5 Å². The van der Waals surface area contributed by atoms with Gasteiger partial charge in [0.1, 0.15) is 5.60 Å². The summed E-state index contributed by atoms with van der Waals surface area (Å²) in [5.74, 6) is 1.33. The van der Waals surface area contributed by atoms with Gasteiger partial charge in [0, 0.05) is 45.6 Å². The van der Waals surface area contributed by atoms with Gasteiger partial charge in [-0.2, -0.15) is 0 Å². The van der Waals surface area contributed by atoms with Crippen LogP contribution in [0.3, 0.4) is 0 Å². The summed E-state index contributed by atoms with van der Waals surface area (Å²) >= 11 is 0. The number of ether oxygens (including phenoxy) is 1. The van der Waals surface area contributed by atoms with Gasteiger partial charge in [-0.05, 0) is 64.5 Å². The van der Waals surface area contributed by atoms with E-state index >= 15 is 0 Å². The molecule has 7 nitrogen and oxygen atoms in total. The fourth-order valence-electron chi connectivity index (χ4n) is 3.35. The zero-order chi connectivity index (χ0) is 20.6. The second kappa shape index (κ2) is 12.3. The molecule has 2 heterocycles. The molecule has 0 saturated carbocycles. The molecular weight excluding hydrogens is 481 g/mol. The Kier molecular flexibility index (Phi) is 10.8. The number of nitrogens with one attached hydrogen (secondary N) is 2. The van der Waals surface area contributed by atoms with E-state index < -0.39 is 5.60 Å². The number of likely N-dealkylation sites (tertiary alicyclic amines) is 1. The van der Waals surface area contributed by atoms with Crippen LogP contribution in [0.2, 0.25) is 0 Å². The standard InChI is InChI=1S/C21H37N5O2.HI/c1-6-22-19(24-14-18-10-13-25(5)15-18)23-11-9-17-8-7-12-26(16-17)20(27)28-21(2,3)4;/h10,13,15,17H,6-9,11-12,14,16H2,1-5H3,(H2,22,23,24);1H. The van der Waals surface area contributed by atoms with Crippen molar-refractivity contribution in [3.8, 4) is 0 Å². The molecule has 1 aromatic heterocycles. The molecule has 1 saturated heterocycles. The number of halogens is 1. The average molecular weight is 519 g/mol. The number of rotatable bonds is 6. The number of aryl methyl sites for hydroxylation is 1. The van der Waals surface area contributed by atoms with Crippen molar-refractivity contribution in [3.05, 3.63) is 24.0 Å². The number of hydrogen-bond donors (Lipinski definition) is 2. The molecule has 1 aliphatic rings. The van der Waals surface area contributed by atoms with Crippen molar-refractivity contribution in [1.82, 2.24) is 20.1 Å². The van der Waals surface area contributed by atoms with Crippen LogP contribution in [0, 0.1) is 5.92 Å². The molecule has 2 N–H and O–H groups in total. The fourth-order valence-corrected chi connectivity index (χ4v) is 3.35. The monoisotopic (exact) mass is 519 g/mol. The third-order valence-corrected chi connectivity index (χ3v) is 4.67. The Morgan fingerprint density at radius 1 is 1.34 bits per heavy atom. The molecule has 1 atom stereocenters. The molecule has 1 aromatic rings. The molecule has 1 amide bonds. The summed E-state index contributed by atoms with van der Waals surface area (Å²) in [5.41, 5.74) is 0.751. The van der Waals surface area contributed by atoms with E-state index in [4.69, 9.17) is 4.74 Å². The number of hydrogen-bond acceptors (Lipinski definition) is 3. The highest BCUT2D eigenvalue weighted by molar-refractivity contribution is 14.0. The van der Waals surface area contributed by atoms with Crippen LogP contribution in [0.15, 0.2) is 23.5 Å². The molecule has 0 bridgehead atoms. The summed E-state index contributed by atoms with van der Waals surface area (Å²) < 4.78 is 7.55. The van der Waals surface area contributed by atoms with Crippen molar-refractivity contribution in [2.75, 3.05) is 26.2 Å². The maximum Gasteiger partial charge on any atom is 0.410 e. The normalized spacial score (nSPS) is 17.5. The molecule has 1 aliphatic heterocycles. The van der Waals surface area contributed by atoms with Crippen molar-refractivity contribution in [2.24, 2.45) is 18.0 Å². The van der Waals surface area contributed by atoms with E-state index in [2.05, 4.69) is 34.8 Å². The van der Waals surface area contributed by atoms with Crippen LogP contribution in [0.5, 0.6) is 0 Å². The van der Waals surface area contributed by atoms with Crippen LogP contribution in [0.25, 0.3) is 0 Å². The number of carbonyl (C=O) groups excluding carboxylic acids is 1. The van der Waals surface area contributed by atoms with Gasteiger partial charge in [0.05, 0.1) is 6.54 Å². The van der Waals surface area contributed by atoms with Crippen molar-refractivity contribution >= 4 is 36.0 Å². The smallest absolute Gasteiger partial charge is 0.410 e. The predicted molar refractivity (Wildman–Crippen MR) is 129 cm³/mol. The molecule has 0 radical (unpaired) electrons. The highest BCUT2D eigenvalue weighted by Gasteiger charge is 2.27. The minimum Gasteiger partial charge on any atom is -0.444 e. The summed E-state index contributed by atoms with van der Waals surface area (Å²) in [4.78, 5) is 18.8. The van der Waals surface area contributed by atoms with E-state index in [1.165, 1.54) is 5.56 Å². The Morgan fingerprint density at radius 3 is 2.72 bits per heavy atom. The summed E-state index contributed by atoms with van der Waals surface area (Å²) in [6.45, 7) is 11.7. The first-order chi connectivity index (χ1) is 13.3. The Balaban J connectivity index is 0.00000420. The summed E-state index contributed by atoms with van der Waals surface area (Å²) in [6.07, 6.45) is 7.12. The lowest BCUT2D eigenvalue weighted by atomic mass is 9.95. The molecule has 0 aliphatic carbocycles. The van der Waals surface area contributed by atoms with E-state index in [9.17, 15) is 4.79 Å². The van der Waals surface area contributed by atoms with E-state index in [1.54, 1.807) is 0 Å². The van der Waals surface area contributed by atoms with Crippen molar-refractivity contribution in [2.45, 2.75) is 59.1 Å². The third-order valence-electron chi connectivity index (χ3n) is 4.67. The fraction of sp³-hybridized carbons (Fsp3) is 0.714. The quantitative estimate of drug-likeness (QED) is 0.342. The maximum atomic E-state index is 12.3. The van der Waals surface area contributed by atoms with Gasteiger partial charge in [-0.15, -0.1) is 24.0 Å². The zero-order valence-corrected chi connectivity index (χ0v) is 20.9. The number of amides is 1. The van der Waals surface area contributed by atoms with E-state index in [0.29, 0.717) is 12.5 Å². The number of aliphatic imine (C=N–C) groups is 1. The molecule has 1 unspecified atom stereocenters. The first kappa shape index (κ1) is 25.6. The van der Waals surface area contributed by atoms with Gasteiger partial charge in [0.2, 0.25) is 0 Å². The van der Waals surface area contributed by atoms with Crippen LogP contribution in [0.1, 0.15) is 52.5 Å². The first-order valence-electron chi connectivity index (χ1n) is 10.4. The van der Waals surface area contributed by atoms with Gasteiger partial charge in [0.25, 0.3) is 0 Å². The molecule has 8 heteroatoms. The van der Waals surface area contributed by atoms with Crippen LogP contribution < -0.4 is 10.6 Å². The minimum absolute atomic E-state index is 0. The third kappa shape index (κ3) is 9.73. The molecule has 1 fully saturated rings. The summed E-state index contributed by atoms with van der Waals surface area (Å²) in [5, 5.41) is 6.72. The predicted octanol–water partition coefficient (Wildman–Crippen LogP) is 3.74. The van der Waals surface area contributed by atoms with Gasteiger partial charge in [-0.25, -0.2) is 9.79 Å². The minimum atomic E-state index is -0.443. The number of carbonyl (C=O) groups is 1. The van der Waals surface area contributed by atoms with Crippen molar-refractivity contribution < 1.29 is 9.53 Å². The molecule has 0 aromatic carbocycles. The van der Waals surface area contributed by atoms with Crippen molar-refractivity contribution in [3.63, 3.8) is 0 Å². The van der Waals surface area contributed by atoms with Gasteiger partial charge >= 0.3 is 6.09 Å². The average Bonchev–Trinajstić information content (AvgIpc) is 3.04. The lowest BCUT2D eigenvalue weighted by Crippen LogP contribution is -2.44. The SMILES string of the molecule is CCNC(=NCc1ccn(C)c1)NCCC1CCCN(C(=O)OC(C)(C)C)C1.I. The summed E-state index contributed by atoms with van der Waals surface area (Å²) in [6, 6.07) is 2.08.